The summed E-state index contributed by atoms with van der Waals surface area (Å²) in [5, 5.41) is 15.7. The summed E-state index contributed by atoms with van der Waals surface area (Å²) < 4.78 is 5.56. The van der Waals surface area contributed by atoms with Crippen LogP contribution in [0, 0.1) is 12.8 Å². The second kappa shape index (κ2) is 9.36. The van der Waals surface area contributed by atoms with Gasteiger partial charge in [-0.05, 0) is 44.4 Å². The number of hydrogen-bond donors (Lipinski definition) is 4. The molecule has 0 aliphatic heterocycles. The fourth-order valence-electron chi connectivity index (χ4n) is 3.54. The van der Waals surface area contributed by atoms with Crippen LogP contribution in [0.5, 0.6) is 0 Å². The number of benzene rings is 1. The van der Waals surface area contributed by atoms with E-state index in [0.717, 1.165) is 17.1 Å². The molecule has 1 aromatic heterocycles. The largest absolute Gasteiger partial charge is 0.379 e. The van der Waals surface area contributed by atoms with Crippen molar-refractivity contribution in [3.8, 4) is 0 Å². The zero-order valence-corrected chi connectivity index (χ0v) is 16.2. The molecule has 2 aromatic rings. The minimum atomic E-state index is -0.268. The van der Waals surface area contributed by atoms with Gasteiger partial charge in [-0.25, -0.2) is 4.79 Å². The average molecular weight is 385 g/mol. The number of urea groups is 1. The van der Waals surface area contributed by atoms with Gasteiger partial charge in [-0.15, -0.1) is 0 Å². The average Bonchev–Trinajstić information content (AvgIpc) is 3.12. The molecule has 0 bridgehead atoms. The molecule has 0 spiro atoms. The highest BCUT2D eigenvalue weighted by Crippen LogP contribution is 2.27. The van der Waals surface area contributed by atoms with Crippen molar-refractivity contribution in [2.24, 2.45) is 5.92 Å². The first-order chi connectivity index (χ1) is 13.5. The van der Waals surface area contributed by atoms with Crippen LogP contribution in [0.1, 0.15) is 30.7 Å². The lowest BCUT2D eigenvalue weighted by Crippen LogP contribution is -2.50. The smallest absolute Gasteiger partial charge is 0.319 e. The fraction of sp³-hybridized carbons (Fsp3) is 0.450. The van der Waals surface area contributed by atoms with Crippen LogP contribution in [0.2, 0.25) is 0 Å². The van der Waals surface area contributed by atoms with Crippen LogP contribution in [-0.2, 0) is 16.1 Å². The number of amides is 3. The van der Waals surface area contributed by atoms with Crippen molar-refractivity contribution < 1.29 is 14.3 Å². The molecular formula is C20H27N5O3. The van der Waals surface area contributed by atoms with E-state index in [0.29, 0.717) is 25.8 Å². The summed E-state index contributed by atoms with van der Waals surface area (Å²) in [6, 6.07) is 10.8. The minimum absolute atomic E-state index is 0.00473. The Hall–Kier alpha value is -2.87. The SMILES string of the molecule is CO[C@H]1C[C@@H](C(=O)NCc2cc(C)[nH]n2)CC[C@@H]1NC(=O)Nc1ccccc1. The summed E-state index contributed by atoms with van der Waals surface area (Å²) in [5.74, 6) is -0.143. The number of nitrogens with zero attached hydrogens (tertiary/aromatic N) is 1. The molecule has 8 nitrogen and oxygen atoms in total. The fourth-order valence-corrected chi connectivity index (χ4v) is 3.54. The second-order valence-corrected chi connectivity index (χ2v) is 7.12. The van der Waals surface area contributed by atoms with E-state index in [2.05, 4.69) is 26.1 Å². The van der Waals surface area contributed by atoms with Crippen LogP contribution in [0.4, 0.5) is 10.5 Å². The first kappa shape index (κ1) is 19.9. The van der Waals surface area contributed by atoms with Crippen molar-refractivity contribution in [2.45, 2.75) is 44.9 Å². The van der Waals surface area contributed by atoms with Crippen molar-refractivity contribution in [1.82, 2.24) is 20.8 Å². The maximum Gasteiger partial charge on any atom is 0.319 e. The molecule has 4 N–H and O–H groups in total. The lowest BCUT2D eigenvalue weighted by molar-refractivity contribution is -0.128. The van der Waals surface area contributed by atoms with Gasteiger partial charge in [0.05, 0.1) is 24.4 Å². The highest BCUT2D eigenvalue weighted by atomic mass is 16.5. The number of methoxy groups -OCH3 is 1. The molecule has 3 rings (SSSR count). The molecule has 1 saturated carbocycles. The Morgan fingerprint density at radius 1 is 1.25 bits per heavy atom. The highest BCUT2D eigenvalue weighted by Gasteiger charge is 2.34. The van der Waals surface area contributed by atoms with Crippen LogP contribution in [0.25, 0.3) is 0 Å². The molecule has 8 heteroatoms. The third-order valence-corrected chi connectivity index (χ3v) is 5.02. The quantitative estimate of drug-likeness (QED) is 0.612. The Morgan fingerprint density at radius 2 is 2.04 bits per heavy atom. The maximum atomic E-state index is 12.5. The molecule has 1 heterocycles. The number of hydrogen-bond acceptors (Lipinski definition) is 4. The number of aryl methyl sites for hydroxylation is 1. The zero-order valence-electron chi connectivity index (χ0n) is 16.2. The number of nitrogens with one attached hydrogen (secondary N) is 4. The molecule has 1 aliphatic rings. The van der Waals surface area contributed by atoms with Crippen LogP contribution < -0.4 is 16.0 Å². The van der Waals surface area contributed by atoms with E-state index in [1.54, 1.807) is 7.11 Å². The monoisotopic (exact) mass is 385 g/mol. The Labute approximate surface area is 164 Å². The van der Waals surface area contributed by atoms with Crippen LogP contribution in [-0.4, -0.2) is 41.4 Å². The van der Waals surface area contributed by atoms with Crippen molar-refractivity contribution in [3.63, 3.8) is 0 Å². The predicted octanol–water partition coefficient (Wildman–Crippen LogP) is 2.34. The summed E-state index contributed by atoms with van der Waals surface area (Å²) in [4.78, 5) is 24.8. The minimum Gasteiger partial charge on any atom is -0.379 e. The molecule has 28 heavy (non-hydrogen) atoms. The number of rotatable bonds is 6. The third kappa shape index (κ3) is 5.32. The van der Waals surface area contributed by atoms with Crippen molar-refractivity contribution in [3.05, 3.63) is 47.8 Å². The van der Waals surface area contributed by atoms with Gasteiger partial charge in [-0.1, -0.05) is 18.2 Å². The van der Waals surface area contributed by atoms with Gasteiger partial charge < -0.3 is 20.7 Å². The lowest BCUT2D eigenvalue weighted by atomic mass is 9.83. The normalized spacial score (nSPS) is 21.7. The number of carbonyl (C=O) groups is 2. The number of ether oxygens (including phenoxy) is 1. The summed E-state index contributed by atoms with van der Waals surface area (Å²) in [6.07, 6.45) is 1.73. The van der Waals surface area contributed by atoms with Gasteiger partial charge in [-0.2, -0.15) is 5.10 Å². The summed E-state index contributed by atoms with van der Waals surface area (Å²) >= 11 is 0. The molecule has 1 fully saturated rings. The lowest BCUT2D eigenvalue weighted by Gasteiger charge is -2.35. The van der Waals surface area contributed by atoms with E-state index < -0.39 is 0 Å². The Kier molecular flexibility index (Phi) is 6.65. The first-order valence-electron chi connectivity index (χ1n) is 9.49. The number of carbonyl (C=O) groups excluding carboxylic acids is 2. The Balaban J connectivity index is 1.48. The molecule has 3 atom stereocenters. The van der Waals surface area contributed by atoms with E-state index in [-0.39, 0.29) is 30.0 Å². The molecule has 0 saturated heterocycles. The molecule has 3 amide bonds. The summed E-state index contributed by atoms with van der Waals surface area (Å²) in [6.45, 7) is 2.32. The van der Waals surface area contributed by atoms with Gasteiger partial charge >= 0.3 is 6.03 Å². The zero-order chi connectivity index (χ0) is 19.9. The number of H-pyrrole nitrogens is 1. The van der Waals surface area contributed by atoms with E-state index in [4.69, 9.17) is 4.74 Å². The Bertz CT molecular complexity index is 792. The number of aromatic amines is 1. The van der Waals surface area contributed by atoms with E-state index in [1.165, 1.54) is 0 Å². The molecule has 0 radical (unpaired) electrons. The van der Waals surface area contributed by atoms with E-state index in [1.807, 2.05) is 43.3 Å². The molecule has 1 aliphatic carbocycles. The number of aromatic nitrogens is 2. The first-order valence-corrected chi connectivity index (χ1v) is 9.49. The van der Waals surface area contributed by atoms with Crippen LogP contribution in [0.15, 0.2) is 36.4 Å². The van der Waals surface area contributed by atoms with E-state index in [9.17, 15) is 9.59 Å². The highest BCUT2D eigenvalue weighted by molar-refractivity contribution is 5.89. The molecule has 150 valence electrons. The summed E-state index contributed by atoms with van der Waals surface area (Å²) in [7, 11) is 1.61. The second-order valence-electron chi connectivity index (χ2n) is 7.12. The van der Waals surface area contributed by atoms with Gasteiger partial charge in [0.25, 0.3) is 0 Å². The van der Waals surface area contributed by atoms with Gasteiger partial charge in [0.1, 0.15) is 0 Å². The van der Waals surface area contributed by atoms with Crippen molar-refractivity contribution in [1.29, 1.82) is 0 Å². The van der Waals surface area contributed by atoms with E-state index >= 15 is 0 Å². The molecule has 1 aromatic carbocycles. The topological polar surface area (TPSA) is 108 Å². The standard InChI is InChI=1S/C20H27N5O3/c1-13-10-16(25-24-13)12-21-19(26)14-8-9-17(18(11-14)28-2)23-20(27)22-15-6-4-3-5-7-15/h3-7,10,14,17-18H,8-9,11-12H2,1-2H3,(H,21,26)(H,24,25)(H2,22,23,27)/t14-,17-,18-/m0/s1. The van der Waals surface area contributed by atoms with Gasteiger partial charge in [0, 0.05) is 24.4 Å². The summed E-state index contributed by atoms with van der Waals surface area (Å²) in [5.41, 5.74) is 2.50. The maximum absolute atomic E-state index is 12.5. The van der Waals surface area contributed by atoms with Crippen LogP contribution in [0.3, 0.4) is 0 Å². The molecular weight excluding hydrogens is 358 g/mol. The predicted molar refractivity (Wildman–Crippen MR) is 106 cm³/mol. The third-order valence-electron chi connectivity index (χ3n) is 5.02. The number of para-hydroxylation sites is 1. The molecule has 0 unspecified atom stereocenters. The van der Waals surface area contributed by atoms with Crippen molar-refractivity contribution in [2.75, 3.05) is 12.4 Å². The van der Waals surface area contributed by atoms with Gasteiger partial charge in [-0.3, -0.25) is 9.89 Å². The Morgan fingerprint density at radius 3 is 2.71 bits per heavy atom. The van der Waals surface area contributed by atoms with Gasteiger partial charge in [0.15, 0.2) is 0 Å². The number of anilines is 1. The van der Waals surface area contributed by atoms with Crippen molar-refractivity contribution >= 4 is 17.6 Å². The van der Waals surface area contributed by atoms with Crippen LogP contribution >= 0.6 is 0 Å². The van der Waals surface area contributed by atoms with Gasteiger partial charge in [0.2, 0.25) is 5.91 Å².